The monoisotopic (exact) mass is 592 g/mol. The van der Waals surface area contributed by atoms with Crippen molar-refractivity contribution in [2.75, 3.05) is 16.9 Å². The third-order valence-electron chi connectivity index (χ3n) is 12.3. The predicted molar refractivity (Wildman–Crippen MR) is 187 cm³/mol. The lowest BCUT2D eigenvalue weighted by Crippen LogP contribution is -2.65. The van der Waals surface area contributed by atoms with Crippen molar-refractivity contribution in [3.63, 3.8) is 0 Å². The number of hydrogen-bond donors (Lipinski definition) is 0. The molecule has 0 N–H and O–H groups in total. The molecule has 218 valence electrons. The molecule has 2 fully saturated rings. The normalized spacial score (nSPS) is 24.7. The van der Waals surface area contributed by atoms with Gasteiger partial charge >= 0.3 is 0 Å². The third kappa shape index (κ3) is 2.91. The molecule has 10 rings (SSSR count). The molecular weight excluding hydrogens is 555 g/mol. The molecule has 0 radical (unpaired) electrons. The Morgan fingerprint density at radius 3 is 2.43 bits per heavy atom. The molecule has 2 saturated carbocycles. The average molecular weight is 593 g/mol. The Kier molecular flexibility index (Phi) is 5.21. The molecule has 0 spiro atoms. The molecule has 0 saturated heterocycles. The lowest BCUT2D eigenvalue weighted by Gasteiger charge is -2.56. The summed E-state index contributed by atoms with van der Waals surface area (Å²) < 4.78 is 9.19. The second-order valence-electron chi connectivity index (χ2n) is 14.0. The molecule has 4 heterocycles. The minimum atomic E-state index is 0.0179. The van der Waals surface area contributed by atoms with Gasteiger partial charge in [-0.25, -0.2) is 0 Å². The van der Waals surface area contributed by atoms with E-state index in [-0.39, 0.29) is 17.7 Å². The standard InChI is InChI=1S/C39H37BN2OS/c1-38-23-10-11-24-39(38,25-13-6-7-14-25)28-18-12-19-29-35(28)42(38)36-31(43-2)22-21-30-33(36)40(29)37-34(27-17-8-9-20-32(27)44-37)41(30)26-15-4-3-5-16-26/h3-5,8-9,12,15-22,25H,6-7,10-11,13-14,23-24H2,1-2H3. The number of anilines is 5. The number of ether oxygens (including phenoxy) is 1. The Morgan fingerprint density at radius 2 is 1.59 bits per heavy atom. The van der Waals surface area contributed by atoms with Crippen LogP contribution < -0.4 is 30.2 Å². The highest BCUT2D eigenvalue weighted by Gasteiger charge is 2.66. The van der Waals surface area contributed by atoms with E-state index in [1.807, 2.05) is 18.4 Å². The molecule has 2 unspecified atom stereocenters. The van der Waals surface area contributed by atoms with E-state index >= 15 is 0 Å². The first-order chi connectivity index (χ1) is 21.7. The maximum absolute atomic E-state index is 6.37. The maximum Gasteiger partial charge on any atom is 0.264 e. The average Bonchev–Trinajstić information content (AvgIpc) is 3.79. The summed E-state index contributed by atoms with van der Waals surface area (Å²) in [6.07, 6.45) is 10.6. The second kappa shape index (κ2) is 8.94. The van der Waals surface area contributed by atoms with Crippen molar-refractivity contribution in [2.45, 2.75) is 69.2 Å². The zero-order valence-electron chi connectivity index (χ0n) is 25.6. The number of benzene rings is 4. The molecule has 3 aliphatic heterocycles. The van der Waals surface area contributed by atoms with E-state index in [1.54, 1.807) is 5.56 Å². The third-order valence-corrected chi connectivity index (χ3v) is 13.5. The lowest BCUT2D eigenvalue weighted by molar-refractivity contribution is 0.107. The van der Waals surface area contributed by atoms with Gasteiger partial charge in [0.25, 0.3) is 6.71 Å². The van der Waals surface area contributed by atoms with Gasteiger partial charge < -0.3 is 14.5 Å². The minimum absolute atomic E-state index is 0.0179. The summed E-state index contributed by atoms with van der Waals surface area (Å²) in [6, 6.07) is 32.0. The minimum Gasteiger partial charge on any atom is -0.495 e. The fraction of sp³-hybridized carbons (Fsp3) is 0.333. The van der Waals surface area contributed by atoms with Crippen LogP contribution in [0.15, 0.2) is 84.9 Å². The van der Waals surface area contributed by atoms with Gasteiger partial charge in [0.1, 0.15) is 5.75 Å². The summed E-state index contributed by atoms with van der Waals surface area (Å²) in [5, 5.41) is 1.34. The zero-order valence-corrected chi connectivity index (χ0v) is 26.4. The van der Waals surface area contributed by atoms with Gasteiger partial charge in [-0.1, -0.05) is 80.3 Å². The number of fused-ring (bicyclic) bond motifs is 9. The van der Waals surface area contributed by atoms with E-state index in [9.17, 15) is 0 Å². The van der Waals surface area contributed by atoms with Crippen molar-refractivity contribution < 1.29 is 4.74 Å². The molecule has 5 aromatic rings. The number of nitrogens with zero attached hydrogens (tertiary/aromatic N) is 2. The number of rotatable bonds is 3. The fourth-order valence-corrected chi connectivity index (χ4v) is 12.0. The van der Waals surface area contributed by atoms with Crippen LogP contribution in [0.5, 0.6) is 5.75 Å². The van der Waals surface area contributed by atoms with Crippen molar-refractivity contribution in [1.29, 1.82) is 0 Å². The Bertz CT molecular complexity index is 1980. The Morgan fingerprint density at radius 1 is 0.795 bits per heavy atom. The summed E-state index contributed by atoms with van der Waals surface area (Å²) in [5.74, 6) is 1.76. The van der Waals surface area contributed by atoms with Gasteiger partial charge in [-0.05, 0) is 85.3 Å². The summed E-state index contributed by atoms with van der Waals surface area (Å²) in [7, 11) is 1.88. The van der Waals surface area contributed by atoms with Crippen molar-refractivity contribution in [2.24, 2.45) is 5.92 Å². The highest BCUT2D eigenvalue weighted by Crippen LogP contribution is 2.67. The number of methoxy groups -OCH3 is 1. The molecule has 2 aliphatic carbocycles. The summed E-state index contributed by atoms with van der Waals surface area (Å²) >= 11 is 1.99. The molecule has 2 atom stereocenters. The van der Waals surface area contributed by atoms with Crippen LogP contribution in [-0.4, -0.2) is 19.4 Å². The summed E-state index contributed by atoms with van der Waals surface area (Å²) in [5.41, 5.74) is 11.4. The molecule has 1 aromatic heterocycles. The smallest absolute Gasteiger partial charge is 0.264 e. The van der Waals surface area contributed by atoms with Gasteiger partial charge in [-0.3, -0.25) is 0 Å². The zero-order chi connectivity index (χ0) is 29.2. The van der Waals surface area contributed by atoms with Crippen LogP contribution in [0, 0.1) is 5.92 Å². The van der Waals surface area contributed by atoms with Crippen LogP contribution in [0.25, 0.3) is 10.1 Å². The SMILES string of the molecule is COc1ccc2c3c1N1c4c(cccc4C4(C5CCCC5)CCCCC14C)B3c1sc3ccccc3c1N2c1ccccc1. The highest BCUT2D eigenvalue weighted by molar-refractivity contribution is 7.33. The maximum atomic E-state index is 6.37. The van der Waals surface area contributed by atoms with Crippen LogP contribution in [0.2, 0.25) is 0 Å². The highest BCUT2D eigenvalue weighted by atomic mass is 32.1. The molecule has 0 bridgehead atoms. The molecule has 5 aliphatic rings. The number of thiophene rings is 1. The summed E-state index contributed by atoms with van der Waals surface area (Å²) in [4.78, 5) is 5.41. The summed E-state index contributed by atoms with van der Waals surface area (Å²) in [6.45, 7) is 2.81. The quantitative estimate of drug-likeness (QED) is 0.192. The van der Waals surface area contributed by atoms with Gasteiger partial charge in [0.2, 0.25) is 0 Å². The van der Waals surface area contributed by atoms with Crippen LogP contribution in [-0.2, 0) is 5.41 Å². The molecule has 4 aromatic carbocycles. The Labute approximate surface area is 264 Å². The molecule has 44 heavy (non-hydrogen) atoms. The van der Waals surface area contributed by atoms with Gasteiger partial charge in [-0.2, -0.15) is 0 Å². The van der Waals surface area contributed by atoms with Gasteiger partial charge in [0, 0.05) is 37.3 Å². The molecule has 5 heteroatoms. The predicted octanol–water partition coefficient (Wildman–Crippen LogP) is 8.44. The van der Waals surface area contributed by atoms with E-state index < -0.39 is 0 Å². The van der Waals surface area contributed by atoms with Crippen LogP contribution in [0.1, 0.15) is 63.9 Å². The molecular formula is C39H37BN2OS. The van der Waals surface area contributed by atoms with Crippen LogP contribution in [0.3, 0.4) is 0 Å². The van der Waals surface area contributed by atoms with Crippen molar-refractivity contribution in [1.82, 2.24) is 0 Å². The number of hydrogen-bond acceptors (Lipinski definition) is 4. The topological polar surface area (TPSA) is 15.7 Å². The van der Waals surface area contributed by atoms with Crippen LogP contribution >= 0.6 is 11.3 Å². The second-order valence-corrected chi connectivity index (χ2v) is 15.1. The first kappa shape index (κ1) is 25.6. The molecule has 3 nitrogen and oxygen atoms in total. The van der Waals surface area contributed by atoms with E-state index in [0.29, 0.717) is 0 Å². The van der Waals surface area contributed by atoms with Crippen molar-refractivity contribution in [3.05, 3.63) is 90.5 Å². The first-order valence-electron chi connectivity index (χ1n) is 16.7. The molecule has 0 amide bonds. The Hall–Kier alpha value is -3.70. The van der Waals surface area contributed by atoms with E-state index in [1.165, 1.54) is 106 Å². The van der Waals surface area contributed by atoms with Gasteiger partial charge in [0.05, 0.1) is 24.0 Å². The van der Waals surface area contributed by atoms with Gasteiger partial charge in [0.15, 0.2) is 0 Å². The number of para-hydroxylation sites is 2. The van der Waals surface area contributed by atoms with Gasteiger partial charge in [-0.15, -0.1) is 11.3 Å². The van der Waals surface area contributed by atoms with Crippen molar-refractivity contribution >= 4 is 72.3 Å². The lowest BCUT2D eigenvalue weighted by atomic mass is 9.36. The fourth-order valence-electron chi connectivity index (χ4n) is 10.7. The van der Waals surface area contributed by atoms with Crippen molar-refractivity contribution in [3.8, 4) is 5.75 Å². The van der Waals surface area contributed by atoms with E-state index in [4.69, 9.17) is 4.74 Å². The van der Waals surface area contributed by atoms with E-state index in [0.717, 1.165) is 11.7 Å². The van der Waals surface area contributed by atoms with Crippen LogP contribution in [0.4, 0.5) is 28.4 Å². The van der Waals surface area contributed by atoms with E-state index in [2.05, 4.69) is 102 Å². The largest absolute Gasteiger partial charge is 0.495 e. The first-order valence-corrected chi connectivity index (χ1v) is 17.5. The Balaban J connectivity index is 1.35.